The van der Waals surface area contributed by atoms with Gasteiger partial charge in [0.25, 0.3) is 0 Å². The van der Waals surface area contributed by atoms with Gasteiger partial charge in [0.15, 0.2) is 21.3 Å². The normalized spacial score (nSPS) is 12.2. The molecule has 1 unspecified atom stereocenters. The average Bonchev–Trinajstić information content (AvgIpc) is 3.46. The van der Waals surface area contributed by atoms with Gasteiger partial charge in [0.2, 0.25) is 0 Å². The zero-order valence-corrected chi connectivity index (χ0v) is 26.1. The van der Waals surface area contributed by atoms with E-state index in [2.05, 4.69) is 30.2 Å². The number of benzene rings is 1. The van der Waals surface area contributed by atoms with Crippen molar-refractivity contribution in [1.29, 1.82) is 0 Å². The van der Waals surface area contributed by atoms with Crippen LogP contribution in [-0.4, -0.2) is 81.2 Å². The molecule has 0 aliphatic heterocycles. The number of imidazole rings is 1. The van der Waals surface area contributed by atoms with Crippen molar-refractivity contribution in [1.82, 2.24) is 24.9 Å². The fourth-order valence-corrected chi connectivity index (χ4v) is 4.57. The highest BCUT2D eigenvalue weighted by Gasteiger charge is 2.39. The minimum Gasteiger partial charge on any atom is -0.496 e. The van der Waals surface area contributed by atoms with Crippen LogP contribution in [-0.2, 0) is 19.4 Å². The summed E-state index contributed by atoms with van der Waals surface area (Å²) in [6, 6.07) is 3.23. The molecule has 0 radical (unpaired) electrons. The van der Waals surface area contributed by atoms with E-state index < -0.39 is 34.1 Å². The fraction of sp³-hybridized carbons (Fsp3) is 0.308. The first-order valence-electron chi connectivity index (χ1n) is 12.7. The monoisotopic (exact) mass is 714 g/mol. The molecule has 0 saturated heterocycles. The first kappa shape index (κ1) is 38.5. The molecular formula is C26H25ClF6N6O7S. The van der Waals surface area contributed by atoms with Gasteiger partial charge in [-0.2, -0.15) is 26.3 Å². The van der Waals surface area contributed by atoms with Crippen molar-refractivity contribution in [2.75, 3.05) is 18.7 Å². The number of carboxylic acids is 2. The van der Waals surface area contributed by atoms with Crippen LogP contribution < -0.4 is 10.1 Å². The number of methoxy groups -OCH3 is 1. The fourth-order valence-electron chi connectivity index (χ4n) is 3.77. The number of alkyl halides is 6. The summed E-state index contributed by atoms with van der Waals surface area (Å²) in [5.74, 6) is -4.33. The lowest BCUT2D eigenvalue weighted by Gasteiger charge is -2.24. The van der Waals surface area contributed by atoms with E-state index in [4.69, 9.17) is 36.1 Å². The van der Waals surface area contributed by atoms with Crippen molar-refractivity contribution in [3.05, 3.63) is 53.3 Å². The number of hydrogen-bond acceptors (Lipinski definition) is 10. The third-order valence-corrected chi connectivity index (χ3v) is 7.41. The maximum absolute atomic E-state index is 12.1. The van der Waals surface area contributed by atoms with Crippen LogP contribution in [0, 0.1) is 6.92 Å². The quantitative estimate of drug-likeness (QED) is 0.173. The number of sulfone groups is 1. The molecule has 0 spiro atoms. The summed E-state index contributed by atoms with van der Waals surface area (Å²) in [5, 5.41) is 18.2. The lowest BCUT2D eigenvalue weighted by molar-refractivity contribution is -0.193. The maximum atomic E-state index is 12.1. The minimum atomic E-state index is -5.08. The van der Waals surface area contributed by atoms with Gasteiger partial charge in [-0.3, -0.25) is 4.98 Å². The van der Waals surface area contributed by atoms with Crippen molar-refractivity contribution in [2.24, 2.45) is 0 Å². The van der Waals surface area contributed by atoms with E-state index in [1.807, 2.05) is 19.9 Å². The number of halogens is 7. The first-order chi connectivity index (χ1) is 21.6. The van der Waals surface area contributed by atoms with Gasteiger partial charge in [-0.25, -0.2) is 33.0 Å². The summed E-state index contributed by atoms with van der Waals surface area (Å²) < 4.78 is 93.5. The second-order valence-corrected chi connectivity index (χ2v) is 11.6. The predicted molar refractivity (Wildman–Crippen MR) is 155 cm³/mol. The predicted octanol–water partition coefficient (Wildman–Crippen LogP) is 5.62. The van der Waals surface area contributed by atoms with Crippen molar-refractivity contribution in [3.8, 4) is 16.9 Å². The van der Waals surface area contributed by atoms with Crippen LogP contribution in [0.25, 0.3) is 22.3 Å². The van der Waals surface area contributed by atoms with E-state index in [0.717, 1.165) is 17.4 Å². The third-order valence-electron chi connectivity index (χ3n) is 5.94. The van der Waals surface area contributed by atoms with Crippen LogP contribution in [0.15, 0.2) is 42.1 Å². The number of aliphatic carboxylic acids is 2. The molecule has 3 aromatic heterocycles. The molecule has 4 N–H and O–H groups in total. The maximum Gasteiger partial charge on any atom is 0.490 e. The van der Waals surface area contributed by atoms with E-state index in [0.29, 0.717) is 45.3 Å². The Kier molecular flexibility index (Phi) is 12.5. The number of aromatic nitrogens is 5. The SMILES string of the molecule is CCC(Nc1ncnc2nc[nH]c12)c1cc(Cl)c(C)c(-c2cncc(S(C)(=O)=O)c2)c1OC.O=C(O)C(F)(F)F.O=C(O)C(F)(F)F. The number of rotatable bonds is 7. The number of hydrogen-bond donors (Lipinski definition) is 4. The van der Waals surface area contributed by atoms with Crippen molar-refractivity contribution < 1.29 is 59.3 Å². The number of pyridine rings is 1. The molecule has 21 heteroatoms. The summed E-state index contributed by atoms with van der Waals surface area (Å²) >= 11 is 6.65. The standard InChI is InChI=1S/C22H23ClN6O3S.2C2HF3O2/c1-5-17(29-22-19-21(26-10-25-19)27-11-28-22)15-7-16(23)12(2)18(20(15)32-3)13-6-14(9-24-8-13)33(4,30)31;2*3-2(4,5)1(6)7/h6-11,17H,5H2,1-4H3,(H2,25,26,27,28,29);2*(H,6,7). The molecule has 4 aromatic rings. The molecule has 4 rings (SSSR count). The molecule has 0 amide bonds. The van der Waals surface area contributed by atoms with Gasteiger partial charge >= 0.3 is 24.3 Å². The summed E-state index contributed by atoms with van der Waals surface area (Å²) in [6.07, 6.45) is -2.38. The average molecular weight is 715 g/mol. The number of fused-ring (bicyclic) bond motifs is 1. The van der Waals surface area contributed by atoms with Crippen molar-refractivity contribution in [2.45, 2.75) is 43.6 Å². The molecule has 0 aliphatic rings. The molecule has 0 saturated carbocycles. The molecule has 0 fully saturated rings. The lowest BCUT2D eigenvalue weighted by Crippen LogP contribution is -2.21. The van der Waals surface area contributed by atoms with Gasteiger partial charge in [0.1, 0.15) is 17.6 Å². The van der Waals surface area contributed by atoms with E-state index >= 15 is 0 Å². The highest BCUT2D eigenvalue weighted by atomic mass is 35.5. The smallest absolute Gasteiger partial charge is 0.490 e. The van der Waals surface area contributed by atoms with Crippen LogP contribution in [0.1, 0.15) is 30.5 Å². The second-order valence-electron chi connectivity index (χ2n) is 9.20. The summed E-state index contributed by atoms with van der Waals surface area (Å²) in [5.41, 5.74) is 4.11. The largest absolute Gasteiger partial charge is 0.496 e. The molecule has 47 heavy (non-hydrogen) atoms. The molecule has 13 nitrogen and oxygen atoms in total. The van der Waals surface area contributed by atoms with E-state index in [-0.39, 0.29) is 10.9 Å². The van der Waals surface area contributed by atoms with Gasteiger partial charge in [-0.15, -0.1) is 0 Å². The molecule has 1 aromatic carbocycles. The summed E-state index contributed by atoms with van der Waals surface area (Å²) in [6.45, 7) is 3.89. The summed E-state index contributed by atoms with van der Waals surface area (Å²) in [7, 11) is -1.86. The Morgan fingerprint density at radius 3 is 2.11 bits per heavy atom. The third kappa shape index (κ3) is 10.1. The second kappa shape index (κ2) is 15.2. The topological polar surface area (TPSA) is 197 Å². The highest BCUT2D eigenvalue weighted by molar-refractivity contribution is 7.90. The van der Waals surface area contributed by atoms with E-state index in [1.165, 1.54) is 12.5 Å². The minimum absolute atomic E-state index is 0.121. The van der Waals surface area contributed by atoms with Crippen molar-refractivity contribution in [3.63, 3.8) is 0 Å². The summed E-state index contributed by atoms with van der Waals surface area (Å²) in [4.78, 5) is 37.8. The molecule has 0 aliphatic carbocycles. The Hall–Kier alpha value is -4.72. The number of carbonyl (C=O) groups is 2. The van der Waals surface area contributed by atoms with Crippen molar-refractivity contribution >= 4 is 50.4 Å². The Morgan fingerprint density at radius 1 is 1.04 bits per heavy atom. The van der Waals surface area contributed by atoms with Crippen LogP contribution in [0.3, 0.4) is 0 Å². The number of H-pyrrole nitrogens is 1. The lowest BCUT2D eigenvalue weighted by atomic mass is 9.93. The Balaban J connectivity index is 0.000000459. The number of nitrogens with zero attached hydrogens (tertiary/aromatic N) is 4. The zero-order valence-electron chi connectivity index (χ0n) is 24.5. The number of carboxylic acid groups (broad SMARTS) is 2. The van der Waals surface area contributed by atoms with E-state index in [1.54, 1.807) is 25.7 Å². The van der Waals surface area contributed by atoms with Crippen LogP contribution >= 0.6 is 11.6 Å². The number of anilines is 1. The molecule has 3 heterocycles. The number of aromatic amines is 1. The Labute approximate surface area is 266 Å². The zero-order chi connectivity index (χ0) is 35.9. The van der Waals surface area contributed by atoms with Gasteiger partial charge in [0.05, 0.1) is 24.4 Å². The molecule has 1 atom stereocenters. The van der Waals surface area contributed by atoms with Gasteiger partial charge in [-0.1, -0.05) is 18.5 Å². The number of nitrogens with one attached hydrogen (secondary N) is 2. The van der Waals surface area contributed by atoms with E-state index in [9.17, 15) is 34.8 Å². The number of ether oxygens (including phenoxy) is 1. The van der Waals surface area contributed by atoms with Gasteiger partial charge in [-0.05, 0) is 31.0 Å². The Morgan fingerprint density at radius 2 is 1.62 bits per heavy atom. The van der Waals surface area contributed by atoms with Crippen LogP contribution in [0.5, 0.6) is 5.75 Å². The highest BCUT2D eigenvalue weighted by Crippen LogP contribution is 2.44. The Bertz CT molecular complexity index is 1830. The van der Waals surface area contributed by atoms with Crippen LogP contribution in [0.4, 0.5) is 32.2 Å². The molecule has 0 bridgehead atoms. The van der Waals surface area contributed by atoms with Crippen LogP contribution in [0.2, 0.25) is 5.02 Å². The van der Waals surface area contributed by atoms with Gasteiger partial charge < -0.3 is 25.3 Å². The van der Waals surface area contributed by atoms with Gasteiger partial charge in [0, 0.05) is 40.4 Å². The molecule has 256 valence electrons. The first-order valence-corrected chi connectivity index (χ1v) is 14.9. The molecular weight excluding hydrogens is 690 g/mol.